The maximum atomic E-state index is 6.76. The number of ether oxygens (including phenoxy) is 2. The second kappa shape index (κ2) is 8.25. The van der Waals surface area contributed by atoms with Crippen molar-refractivity contribution in [3.8, 4) is 16.9 Å². The molecule has 1 saturated heterocycles. The van der Waals surface area contributed by atoms with E-state index in [-0.39, 0.29) is 5.41 Å². The Balaban J connectivity index is 1.56. The second-order valence-electron chi connectivity index (χ2n) is 9.35. The first-order valence-corrected chi connectivity index (χ1v) is 11.3. The number of methoxy groups -OCH3 is 1. The molecule has 0 spiro atoms. The van der Waals surface area contributed by atoms with Crippen molar-refractivity contribution in [2.24, 2.45) is 28.9 Å². The van der Waals surface area contributed by atoms with Crippen molar-refractivity contribution in [1.82, 2.24) is 14.7 Å². The van der Waals surface area contributed by atoms with Gasteiger partial charge in [-0.15, -0.1) is 0 Å². The summed E-state index contributed by atoms with van der Waals surface area (Å²) in [5.74, 6) is 1.61. The predicted molar refractivity (Wildman–Crippen MR) is 133 cm³/mol. The van der Waals surface area contributed by atoms with Crippen LogP contribution in [0.2, 0.25) is 0 Å². The fraction of sp³-hybridized carbons (Fsp3) is 0.360. The summed E-state index contributed by atoms with van der Waals surface area (Å²) in [6.45, 7) is 6.53. The molecule has 0 bridgehead atoms. The van der Waals surface area contributed by atoms with Crippen LogP contribution in [0.4, 0.5) is 5.69 Å². The quantitative estimate of drug-likeness (QED) is 0.705. The van der Waals surface area contributed by atoms with Gasteiger partial charge in [-0.25, -0.2) is 4.99 Å². The maximum Gasteiger partial charge on any atom is 0.205 e. The Morgan fingerprint density at radius 1 is 1.26 bits per heavy atom. The third-order valence-electron chi connectivity index (χ3n) is 6.87. The summed E-state index contributed by atoms with van der Waals surface area (Å²) in [5.41, 5.74) is 18.8. The molecule has 1 aromatic carbocycles. The first-order chi connectivity index (χ1) is 16.3. The second-order valence-corrected chi connectivity index (χ2v) is 9.35. The smallest absolute Gasteiger partial charge is 0.205 e. The summed E-state index contributed by atoms with van der Waals surface area (Å²) >= 11 is 0. The van der Waals surface area contributed by atoms with Gasteiger partial charge in [0.05, 0.1) is 31.3 Å². The molecule has 0 radical (unpaired) electrons. The molecular weight excluding hydrogens is 430 g/mol. The molecule has 0 aliphatic carbocycles. The monoisotopic (exact) mass is 461 g/mol. The van der Waals surface area contributed by atoms with Crippen LogP contribution in [0, 0.1) is 12.3 Å². The van der Waals surface area contributed by atoms with Gasteiger partial charge in [-0.1, -0.05) is 13.0 Å². The van der Waals surface area contributed by atoms with Gasteiger partial charge in [0.2, 0.25) is 5.96 Å². The van der Waals surface area contributed by atoms with E-state index in [2.05, 4.69) is 21.9 Å². The Kier molecular flexibility index (Phi) is 5.36. The Labute approximate surface area is 199 Å². The molecule has 9 heteroatoms. The van der Waals surface area contributed by atoms with Crippen molar-refractivity contribution >= 4 is 11.6 Å². The zero-order chi connectivity index (χ0) is 24.0. The third-order valence-corrected chi connectivity index (χ3v) is 6.87. The minimum atomic E-state index is 0.0385. The zero-order valence-corrected chi connectivity index (χ0v) is 20.1. The number of hydrogen-bond donors (Lipinski definition) is 2. The van der Waals surface area contributed by atoms with Crippen LogP contribution in [-0.4, -0.2) is 47.5 Å². The number of hydrogen-bond acceptors (Lipinski definition) is 8. The van der Waals surface area contributed by atoms with E-state index < -0.39 is 0 Å². The number of guanidine groups is 1. The molecule has 0 amide bonds. The number of nitrogens with two attached hydrogens (primary N) is 2. The van der Waals surface area contributed by atoms with Gasteiger partial charge in [0.15, 0.2) is 0 Å². The normalized spacial score (nSPS) is 22.1. The third kappa shape index (κ3) is 3.62. The molecule has 9 nitrogen and oxygen atoms in total. The number of aryl methyl sites for hydroxylation is 1. The largest absolute Gasteiger partial charge is 0.495 e. The van der Waals surface area contributed by atoms with E-state index in [1.54, 1.807) is 13.3 Å². The minimum Gasteiger partial charge on any atom is -0.495 e. The number of rotatable bonds is 5. The van der Waals surface area contributed by atoms with E-state index in [0.29, 0.717) is 17.5 Å². The van der Waals surface area contributed by atoms with E-state index >= 15 is 0 Å². The molecule has 178 valence electrons. The zero-order valence-electron chi connectivity index (χ0n) is 20.1. The summed E-state index contributed by atoms with van der Waals surface area (Å²) in [7, 11) is 3.58. The molecule has 1 aromatic heterocycles. The molecule has 1 atom stereocenters. The lowest BCUT2D eigenvalue weighted by atomic mass is 9.89. The molecule has 3 aliphatic rings. The lowest BCUT2D eigenvalue weighted by Gasteiger charge is -2.38. The Bertz CT molecular complexity index is 1250. The number of aliphatic imine (C=N–C) groups is 1. The summed E-state index contributed by atoms with van der Waals surface area (Å²) in [6.07, 6.45) is 8.64. The summed E-state index contributed by atoms with van der Waals surface area (Å²) in [6, 6.07) is 6.02. The average Bonchev–Trinajstić information content (AvgIpc) is 3.41. The molecule has 1 unspecified atom stereocenters. The lowest BCUT2D eigenvalue weighted by molar-refractivity contribution is 0.145. The Hall–Kier alpha value is -3.72. The molecule has 0 saturated carbocycles. The topological polar surface area (TPSA) is 107 Å². The van der Waals surface area contributed by atoms with Crippen LogP contribution in [-0.2, 0) is 11.8 Å². The number of benzene rings is 1. The van der Waals surface area contributed by atoms with Crippen LogP contribution in [0.15, 0.2) is 65.0 Å². The van der Waals surface area contributed by atoms with Gasteiger partial charge in [0.25, 0.3) is 0 Å². The van der Waals surface area contributed by atoms with Gasteiger partial charge in [-0.05, 0) is 37.1 Å². The van der Waals surface area contributed by atoms with E-state index in [4.69, 9.17) is 20.9 Å². The van der Waals surface area contributed by atoms with Crippen molar-refractivity contribution in [2.45, 2.75) is 20.3 Å². The van der Waals surface area contributed by atoms with Gasteiger partial charge < -0.3 is 25.8 Å². The predicted octanol–water partition coefficient (Wildman–Crippen LogP) is 2.81. The highest BCUT2D eigenvalue weighted by molar-refractivity contribution is 6.02. The van der Waals surface area contributed by atoms with Gasteiger partial charge >= 0.3 is 0 Å². The summed E-state index contributed by atoms with van der Waals surface area (Å²) < 4.78 is 13.3. The van der Waals surface area contributed by atoms with Crippen LogP contribution in [0.5, 0.6) is 5.75 Å². The van der Waals surface area contributed by atoms with Crippen LogP contribution >= 0.6 is 0 Å². The van der Waals surface area contributed by atoms with E-state index in [0.717, 1.165) is 60.0 Å². The molecule has 1 fully saturated rings. The number of fused-ring (bicyclic) bond motifs is 1. The number of anilines is 1. The van der Waals surface area contributed by atoms with Crippen molar-refractivity contribution in [2.75, 3.05) is 31.8 Å². The van der Waals surface area contributed by atoms with Gasteiger partial charge in [-0.3, -0.25) is 9.58 Å². The van der Waals surface area contributed by atoms with Crippen LogP contribution in [0.3, 0.4) is 0 Å². The van der Waals surface area contributed by atoms with E-state index in [1.165, 1.54) is 0 Å². The van der Waals surface area contributed by atoms with Gasteiger partial charge in [-0.2, -0.15) is 5.10 Å². The first-order valence-electron chi connectivity index (χ1n) is 11.3. The van der Waals surface area contributed by atoms with Crippen molar-refractivity contribution < 1.29 is 9.47 Å². The number of aromatic nitrogens is 2. The van der Waals surface area contributed by atoms with Crippen LogP contribution in [0.1, 0.15) is 19.0 Å². The fourth-order valence-electron chi connectivity index (χ4n) is 4.71. The first kappa shape index (κ1) is 22.1. The van der Waals surface area contributed by atoms with E-state index in [9.17, 15) is 0 Å². The minimum absolute atomic E-state index is 0.0385. The van der Waals surface area contributed by atoms with Crippen molar-refractivity contribution in [1.29, 1.82) is 0 Å². The number of nitrogens with zero attached hydrogens (tertiary/aromatic N) is 5. The Morgan fingerprint density at radius 3 is 2.76 bits per heavy atom. The summed E-state index contributed by atoms with van der Waals surface area (Å²) in [5, 5.41) is 4.36. The Morgan fingerprint density at radius 2 is 2.09 bits per heavy atom. The maximum absolute atomic E-state index is 6.76. The number of allylic oxidation sites excluding steroid dienone is 1. The molecule has 34 heavy (non-hydrogen) atoms. The van der Waals surface area contributed by atoms with Gasteiger partial charge in [0.1, 0.15) is 11.6 Å². The molecule has 4 N–H and O–H groups in total. The highest BCUT2D eigenvalue weighted by atomic mass is 16.5. The summed E-state index contributed by atoms with van der Waals surface area (Å²) in [4.78, 5) is 8.38. The van der Waals surface area contributed by atoms with Crippen LogP contribution in [0.25, 0.3) is 11.1 Å². The lowest BCUT2D eigenvalue weighted by Crippen LogP contribution is -2.45. The standard InChI is InChI=1S/C25H31N7O2/c1-16-19(13-29-30(16)3)17-5-6-20(21(11-17)33-4)32-22-18(12-28-24(32)27)7-9-31(23(22)26)14-25(2)8-10-34-15-25/h5-7,9,11-13H,8,10,14-15,26H2,1-4H3,(H2,27,28). The van der Waals surface area contributed by atoms with Gasteiger partial charge in [0, 0.05) is 54.8 Å². The highest BCUT2D eigenvalue weighted by Crippen LogP contribution is 2.40. The molecule has 3 aliphatic heterocycles. The van der Waals surface area contributed by atoms with Crippen LogP contribution < -0.4 is 21.1 Å². The van der Waals surface area contributed by atoms with Crippen molar-refractivity contribution in [3.05, 3.63) is 65.7 Å². The fourth-order valence-corrected chi connectivity index (χ4v) is 4.71. The SMILES string of the molecule is COc1cc(-c2cnn(C)c2C)ccc1N1C(N)=NC=C2C=CN(CC3(C)CCOC3)C(N)=C21. The highest BCUT2D eigenvalue weighted by Gasteiger charge is 2.36. The molecule has 4 heterocycles. The van der Waals surface area contributed by atoms with E-state index in [1.807, 2.05) is 60.2 Å². The average molecular weight is 462 g/mol. The van der Waals surface area contributed by atoms with Crippen molar-refractivity contribution in [3.63, 3.8) is 0 Å². The molecule has 5 rings (SSSR count). The molecule has 2 aromatic rings. The molecular formula is C25H31N7O2.